The van der Waals surface area contributed by atoms with E-state index in [0.717, 1.165) is 38.0 Å². The van der Waals surface area contributed by atoms with Gasteiger partial charge < -0.3 is 10.4 Å². The molecule has 1 aromatic rings. The van der Waals surface area contributed by atoms with Crippen molar-refractivity contribution in [2.24, 2.45) is 11.3 Å². The molecule has 3 heterocycles. The number of benzene rings is 1. The summed E-state index contributed by atoms with van der Waals surface area (Å²) in [5.74, 6) is -0.986. The maximum Gasteiger partial charge on any atom is 0.308 e. The third-order valence-electron chi connectivity index (χ3n) is 7.27. The highest BCUT2D eigenvalue weighted by molar-refractivity contribution is 5.76. The third kappa shape index (κ3) is 1.51. The molecule has 3 aliphatic heterocycles. The summed E-state index contributed by atoms with van der Waals surface area (Å²) >= 11 is 0. The van der Waals surface area contributed by atoms with Crippen molar-refractivity contribution in [2.45, 2.75) is 43.7 Å². The number of anilines is 1. The molecule has 4 aliphatic rings. The number of hydrogen-bond acceptors (Lipinski definition) is 3. The SMILES string of the molecule is CC[C@]12C=CCN3CC[C@]4(c5ccccc5N[C@H]4[C@@H](C(=O)O)C1)[C@@H]32. The molecule has 0 amide bonds. The summed E-state index contributed by atoms with van der Waals surface area (Å²) in [6.07, 6.45) is 7.43. The van der Waals surface area contributed by atoms with Crippen LogP contribution in [0.25, 0.3) is 0 Å². The van der Waals surface area contributed by atoms with Crippen LogP contribution in [0, 0.1) is 11.3 Å². The maximum absolute atomic E-state index is 12.2. The average Bonchev–Trinajstić information content (AvgIpc) is 3.15. The fourth-order valence-electron chi connectivity index (χ4n) is 6.45. The zero-order valence-corrected chi connectivity index (χ0v) is 14.0. The Kier molecular flexibility index (Phi) is 2.80. The molecule has 0 radical (unpaired) electrons. The topological polar surface area (TPSA) is 52.6 Å². The standard InChI is InChI=1S/C20H24N2O2/c1-2-19-8-5-10-22-11-9-20(18(19)22)14-6-3-4-7-15(14)21-16(20)13(12-19)17(23)24/h3-8,13,16,18,21H,2,9-12H2,1H3,(H,23,24)/t13-,16-,18-,19-,20+/m0/s1. The number of nitrogens with zero attached hydrogens (tertiary/aromatic N) is 1. The number of rotatable bonds is 2. The predicted molar refractivity (Wildman–Crippen MR) is 93.1 cm³/mol. The van der Waals surface area contributed by atoms with Crippen molar-refractivity contribution >= 4 is 11.7 Å². The molecule has 5 rings (SSSR count). The first-order valence-corrected chi connectivity index (χ1v) is 9.13. The van der Waals surface area contributed by atoms with Gasteiger partial charge in [0.25, 0.3) is 0 Å². The van der Waals surface area contributed by atoms with E-state index < -0.39 is 5.97 Å². The average molecular weight is 324 g/mol. The van der Waals surface area contributed by atoms with Crippen LogP contribution in [-0.4, -0.2) is 41.1 Å². The van der Waals surface area contributed by atoms with Crippen molar-refractivity contribution in [3.63, 3.8) is 0 Å². The molecule has 1 aromatic carbocycles. The molecule has 5 atom stereocenters. The van der Waals surface area contributed by atoms with E-state index in [1.165, 1.54) is 5.56 Å². The van der Waals surface area contributed by atoms with Crippen LogP contribution in [0.4, 0.5) is 5.69 Å². The Morgan fingerprint density at radius 1 is 1.42 bits per heavy atom. The second kappa shape index (κ2) is 4.63. The minimum atomic E-state index is -0.650. The molecule has 2 N–H and O–H groups in total. The van der Waals surface area contributed by atoms with Crippen molar-refractivity contribution in [3.8, 4) is 0 Å². The molecule has 4 nitrogen and oxygen atoms in total. The summed E-state index contributed by atoms with van der Waals surface area (Å²) < 4.78 is 0. The molecule has 1 aliphatic carbocycles. The van der Waals surface area contributed by atoms with Gasteiger partial charge in [0.2, 0.25) is 0 Å². The van der Waals surface area contributed by atoms with Gasteiger partial charge in [0.05, 0.1) is 12.0 Å². The molecule has 24 heavy (non-hydrogen) atoms. The number of para-hydroxylation sites is 1. The first kappa shape index (κ1) is 14.5. The zero-order valence-electron chi connectivity index (χ0n) is 14.0. The van der Waals surface area contributed by atoms with Gasteiger partial charge in [-0.05, 0) is 37.4 Å². The van der Waals surface area contributed by atoms with E-state index in [9.17, 15) is 9.90 Å². The number of carbonyl (C=O) groups is 1. The van der Waals surface area contributed by atoms with E-state index in [2.05, 4.69) is 53.6 Å². The monoisotopic (exact) mass is 324 g/mol. The van der Waals surface area contributed by atoms with E-state index in [4.69, 9.17) is 0 Å². The minimum absolute atomic E-state index is 0.00794. The van der Waals surface area contributed by atoms with Crippen molar-refractivity contribution in [1.29, 1.82) is 0 Å². The first-order chi connectivity index (χ1) is 11.6. The fourth-order valence-corrected chi connectivity index (χ4v) is 6.45. The van der Waals surface area contributed by atoms with Crippen molar-refractivity contribution < 1.29 is 9.90 Å². The molecule has 4 heteroatoms. The summed E-state index contributed by atoms with van der Waals surface area (Å²) in [7, 11) is 0. The minimum Gasteiger partial charge on any atom is -0.481 e. The van der Waals surface area contributed by atoms with E-state index in [0.29, 0.717) is 6.04 Å². The molecule has 126 valence electrons. The summed E-state index contributed by atoms with van der Waals surface area (Å²) in [6, 6.07) is 8.93. The first-order valence-electron chi connectivity index (χ1n) is 9.13. The van der Waals surface area contributed by atoms with Gasteiger partial charge in [-0.25, -0.2) is 0 Å². The van der Waals surface area contributed by atoms with Gasteiger partial charge in [0.15, 0.2) is 0 Å². The zero-order chi connectivity index (χ0) is 16.5. The van der Waals surface area contributed by atoms with Crippen molar-refractivity contribution in [1.82, 2.24) is 4.90 Å². The van der Waals surface area contributed by atoms with E-state index in [1.54, 1.807) is 0 Å². The second-order valence-electron chi connectivity index (χ2n) is 7.99. The van der Waals surface area contributed by atoms with Gasteiger partial charge in [-0.1, -0.05) is 37.3 Å². The molecule has 1 spiro atoms. The lowest BCUT2D eigenvalue weighted by Gasteiger charge is -2.57. The highest BCUT2D eigenvalue weighted by atomic mass is 16.4. The van der Waals surface area contributed by atoms with Gasteiger partial charge in [-0.3, -0.25) is 9.69 Å². The Bertz CT molecular complexity index is 745. The van der Waals surface area contributed by atoms with Crippen molar-refractivity contribution in [2.75, 3.05) is 18.4 Å². The van der Waals surface area contributed by atoms with Crippen LogP contribution in [0.3, 0.4) is 0 Å². The lowest BCUT2D eigenvalue weighted by molar-refractivity contribution is -0.147. The fraction of sp³-hybridized carbons (Fsp3) is 0.550. The van der Waals surface area contributed by atoms with Crippen LogP contribution in [0.1, 0.15) is 31.7 Å². The smallest absolute Gasteiger partial charge is 0.308 e. The predicted octanol–water partition coefficient (Wildman–Crippen LogP) is 2.86. The molecule has 2 fully saturated rings. The molecule has 0 aromatic heterocycles. The highest BCUT2D eigenvalue weighted by Gasteiger charge is 2.68. The van der Waals surface area contributed by atoms with Crippen LogP contribution in [-0.2, 0) is 10.2 Å². The van der Waals surface area contributed by atoms with Crippen LogP contribution in [0.15, 0.2) is 36.4 Å². The van der Waals surface area contributed by atoms with E-state index >= 15 is 0 Å². The highest BCUT2D eigenvalue weighted by Crippen LogP contribution is 2.64. The number of carboxylic acid groups (broad SMARTS) is 1. The molecule has 0 bridgehead atoms. The molecular weight excluding hydrogens is 300 g/mol. The van der Waals surface area contributed by atoms with Crippen LogP contribution in [0.2, 0.25) is 0 Å². The Morgan fingerprint density at radius 2 is 2.25 bits per heavy atom. The summed E-state index contributed by atoms with van der Waals surface area (Å²) in [5, 5.41) is 13.6. The number of nitrogens with one attached hydrogen (secondary N) is 1. The Labute approximate surface area is 142 Å². The van der Waals surface area contributed by atoms with E-state index in [1.807, 2.05) is 0 Å². The number of carboxylic acids is 1. The van der Waals surface area contributed by atoms with Gasteiger partial charge in [-0.15, -0.1) is 0 Å². The van der Waals surface area contributed by atoms with Crippen LogP contribution in [0.5, 0.6) is 0 Å². The normalized spacial score (nSPS) is 42.1. The van der Waals surface area contributed by atoms with Crippen LogP contribution >= 0.6 is 0 Å². The van der Waals surface area contributed by atoms with Gasteiger partial charge in [0, 0.05) is 29.1 Å². The third-order valence-corrected chi connectivity index (χ3v) is 7.27. The maximum atomic E-state index is 12.2. The summed E-state index contributed by atoms with van der Waals surface area (Å²) in [5.41, 5.74) is 2.41. The van der Waals surface area contributed by atoms with Gasteiger partial charge >= 0.3 is 5.97 Å². The molecule has 1 saturated heterocycles. The number of hydrogen-bond donors (Lipinski definition) is 2. The Morgan fingerprint density at radius 3 is 3.04 bits per heavy atom. The molecule has 0 unspecified atom stereocenters. The molecule has 1 saturated carbocycles. The van der Waals surface area contributed by atoms with Gasteiger partial charge in [-0.2, -0.15) is 0 Å². The Balaban J connectivity index is 1.78. The number of aliphatic carboxylic acids is 1. The lowest BCUT2D eigenvalue weighted by atomic mass is 9.51. The van der Waals surface area contributed by atoms with Gasteiger partial charge in [0.1, 0.15) is 0 Å². The largest absolute Gasteiger partial charge is 0.481 e. The van der Waals surface area contributed by atoms with Crippen molar-refractivity contribution in [3.05, 3.63) is 42.0 Å². The second-order valence-corrected chi connectivity index (χ2v) is 7.99. The van der Waals surface area contributed by atoms with Crippen LogP contribution < -0.4 is 5.32 Å². The van der Waals surface area contributed by atoms with E-state index in [-0.39, 0.29) is 22.8 Å². The molecular formula is C20H24N2O2. The summed E-state index contributed by atoms with van der Waals surface area (Å²) in [4.78, 5) is 14.8. The quantitative estimate of drug-likeness (QED) is 0.822. The number of fused-ring (bicyclic) bond motifs is 1. The lowest BCUT2D eigenvalue weighted by Crippen LogP contribution is -2.65. The Hall–Kier alpha value is -1.81. The summed E-state index contributed by atoms with van der Waals surface area (Å²) in [6.45, 7) is 4.30.